The summed E-state index contributed by atoms with van der Waals surface area (Å²) in [5, 5.41) is 13.3. The predicted octanol–water partition coefficient (Wildman–Crippen LogP) is 3.99. The molecule has 0 fully saturated rings. The summed E-state index contributed by atoms with van der Waals surface area (Å²) in [5.74, 6) is 0.337. The fourth-order valence-corrected chi connectivity index (χ4v) is 4.14. The van der Waals surface area contributed by atoms with Crippen LogP contribution in [0.15, 0.2) is 28.7 Å². The molecule has 0 bridgehead atoms. The average Bonchev–Trinajstić information content (AvgIpc) is 2.95. The molecule has 2 nitrogen and oxygen atoms in total. The Balaban J connectivity index is 1.59. The Bertz CT molecular complexity index is 572. The highest BCUT2D eigenvalue weighted by Crippen LogP contribution is 2.31. The zero-order valence-corrected chi connectivity index (χ0v) is 13.0. The summed E-state index contributed by atoms with van der Waals surface area (Å²) in [7, 11) is 0. The van der Waals surface area contributed by atoms with E-state index in [0.29, 0.717) is 12.3 Å². The predicted molar refractivity (Wildman–Crippen MR) is 82.7 cm³/mol. The average molecular weight is 338 g/mol. The molecular formula is C15H16BrNOS. The third kappa shape index (κ3) is 2.86. The first-order chi connectivity index (χ1) is 9.24. The van der Waals surface area contributed by atoms with E-state index in [4.69, 9.17) is 0 Å². The number of aryl methyl sites for hydroxylation is 2. The van der Waals surface area contributed by atoms with Gasteiger partial charge >= 0.3 is 0 Å². The van der Waals surface area contributed by atoms with Crippen molar-refractivity contribution in [2.75, 3.05) is 0 Å². The Hall–Kier alpha value is -0.840. The fourth-order valence-electron chi connectivity index (χ4n) is 2.50. The van der Waals surface area contributed by atoms with E-state index in [1.165, 1.54) is 24.1 Å². The van der Waals surface area contributed by atoms with Gasteiger partial charge in [0.15, 0.2) is 0 Å². The van der Waals surface area contributed by atoms with Crippen LogP contribution in [0.1, 0.15) is 27.3 Å². The van der Waals surface area contributed by atoms with Crippen molar-refractivity contribution in [2.24, 2.45) is 0 Å². The molecule has 0 radical (unpaired) electrons. The van der Waals surface area contributed by atoms with Crippen LogP contribution in [-0.4, -0.2) is 5.11 Å². The van der Waals surface area contributed by atoms with Gasteiger partial charge in [-0.2, -0.15) is 0 Å². The van der Waals surface area contributed by atoms with Crippen LogP contribution in [0.5, 0.6) is 5.75 Å². The van der Waals surface area contributed by atoms with Crippen LogP contribution < -0.4 is 5.32 Å². The van der Waals surface area contributed by atoms with Gasteiger partial charge in [0.25, 0.3) is 0 Å². The molecule has 0 saturated heterocycles. The largest absolute Gasteiger partial charge is 0.506 e. The number of phenolic OH excluding ortho intramolecular Hbond substituents is 1. The highest BCUT2D eigenvalue weighted by atomic mass is 79.9. The molecule has 3 rings (SSSR count). The molecule has 1 heterocycles. The highest BCUT2D eigenvalue weighted by molar-refractivity contribution is 9.10. The van der Waals surface area contributed by atoms with Gasteiger partial charge in [-0.15, -0.1) is 11.3 Å². The lowest BCUT2D eigenvalue weighted by molar-refractivity contribution is 0.461. The summed E-state index contributed by atoms with van der Waals surface area (Å²) >= 11 is 5.27. The lowest BCUT2D eigenvalue weighted by Crippen LogP contribution is -2.11. The maximum absolute atomic E-state index is 9.91. The van der Waals surface area contributed by atoms with Crippen molar-refractivity contribution in [2.45, 2.75) is 32.4 Å². The molecule has 1 aromatic carbocycles. The van der Waals surface area contributed by atoms with Crippen molar-refractivity contribution in [1.29, 1.82) is 0 Å². The molecule has 0 aliphatic heterocycles. The second kappa shape index (κ2) is 5.65. The maximum atomic E-state index is 9.91. The van der Waals surface area contributed by atoms with E-state index in [2.05, 4.69) is 27.3 Å². The third-order valence-corrected chi connectivity index (χ3v) is 5.36. The van der Waals surface area contributed by atoms with Gasteiger partial charge in [-0.05, 0) is 52.9 Å². The van der Waals surface area contributed by atoms with Gasteiger partial charge in [-0.3, -0.25) is 0 Å². The topological polar surface area (TPSA) is 32.3 Å². The first-order valence-corrected chi connectivity index (χ1v) is 8.12. The molecule has 2 N–H and O–H groups in total. The number of thiophene rings is 1. The molecule has 0 spiro atoms. The Kier molecular flexibility index (Phi) is 3.91. The van der Waals surface area contributed by atoms with Crippen molar-refractivity contribution in [3.63, 3.8) is 0 Å². The van der Waals surface area contributed by atoms with Crippen LogP contribution in [0.4, 0.5) is 0 Å². The number of para-hydroxylation sites is 1. The highest BCUT2D eigenvalue weighted by Gasteiger charge is 2.14. The van der Waals surface area contributed by atoms with Crippen LogP contribution in [0.2, 0.25) is 0 Å². The number of fused-ring (bicyclic) bond motifs is 1. The van der Waals surface area contributed by atoms with E-state index in [0.717, 1.165) is 16.6 Å². The lowest BCUT2D eigenvalue weighted by Gasteiger charge is -2.07. The standard InChI is InChI=1S/C15H16BrNOS/c16-13-5-1-4-11(15(13)18)8-17-9-12-7-10-3-2-6-14(10)19-12/h1,4-5,7,17-18H,2-3,6,8-9H2. The Morgan fingerprint density at radius 1 is 1.26 bits per heavy atom. The van der Waals surface area contributed by atoms with E-state index in [1.54, 1.807) is 10.4 Å². The maximum Gasteiger partial charge on any atom is 0.134 e. The van der Waals surface area contributed by atoms with Gasteiger partial charge in [0.1, 0.15) is 5.75 Å². The van der Waals surface area contributed by atoms with Gasteiger partial charge in [0, 0.05) is 28.4 Å². The summed E-state index contributed by atoms with van der Waals surface area (Å²) in [6.07, 6.45) is 3.82. The number of hydrogen-bond acceptors (Lipinski definition) is 3. The minimum Gasteiger partial charge on any atom is -0.506 e. The van der Waals surface area contributed by atoms with Gasteiger partial charge in [0.05, 0.1) is 4.47 Å². The summed E-state index contributed by atoms with van der Waals surface area (Å²) in [5.41, 5.74) is 2.48. The van der Waals surface area contributed by atoms with E-state index < -0.39 is 0 Å². The molecular weight excluding hydrogens is 322 g/mol. The molecule has 1 aliphatic rings. The normalized spacial score (nSPS) is 13.7. The summed E-state index contributed by atoms with van der Waals surface area (Å²) in [6, 6.07) is 8.07. The minimum absolute atomic E-state index is 0.337. The third-order valence-electron chi connectivity index (χ3n) is 3.48. The molecule has 0 saturated carbocycles. The number of phenols is 1. The molecule has 0 amide bonds. The monoisotopic (exact) mass is 337 g/mol. The number of benzene rings is 1. The quantitative estimate of drug-likeness (QED) is 0.883. The van der Waals surface area contributed by atoms with Crippen molar-refractivity contribution in [3.05, 3.63) is 49.6 Å². The van der Waals surface area contributed by atoms with Crippen LogP contribution >= 0.6 is 27.3 Å². The van der Waals surface area contributed by atoms with Gasteiger partial charge < -0.3 is 10.4 Å². The number of hydrogen-bond donors (Lipinski definition) is 2. The first-order valence-electron chi connectivity index (χ1n) is 6.51. The van der Waals surface area contributed by atoms with Crippen LogP contribution in [0.3, 0.4) is 0 Å². The molecule has 100 valence electrons. The molecule has 0 atom stereocenters. The van der Waals surface area contributed by atoms with Crippen molar-refractivity contribution in [1.82, 2.24) is 5.32 Å². The Morgan fingerprint density at radius 3 is 3.00 bits per heavy atom. The first kappa shape index (κ1) is 13.2. The second-order valence-electron chi connectivity index (χ2n) is 4.87. The number of rotatable bonds is 4. The molecule has 2 aromatic rings. The number of halogens is 1. The van der Waals surface area contributed by atoms with Crippen LogP contribution in [0, 0.1) is 0 Å². The summed E-state index contributed by atoms with van der Waals surface area (Å²) in [6.45, 7) is 1.57. The number of nitrogens with one attached hydrogen (secondary N) is 1. The van der Waals surface area contributed by atoms with Gasteiger partial charge in [-0.1, -0.05) is 12.1 Å². The Morgan fingerprint density at radius 2 is 2.16 bits per heavy atom. The summed E-state index contributed by atoms with van der Waals surface area (Å²) < 4.78 is 0.752. The van der Waals surface area contributed by atoms with Crippen molar-refractivity contribution in [3.8, 4) is 5.75 Å². The van der Waals surface area contributed by atoms with E-state index in [1.807, 2.05) is 29.5 Å². The summed E-state index contributed by atoms with van der Waals surface area (Å²) in [4.78, 5) is 2.97. The molecule has 19 heavy (non-hydrogen) atoms. The Labute approximate surface area is 125 Å². The van der Waals surface area contributed by atoms with E-state index in [-0.39, 0.29) is 0 Å². The second-order valence-corrected chi connectivity index (χ2v) is 6.94. The van der Waals surface area contributed by atoms with Crippen molar-refractivity contribution < 1.29 is 5.11 Å². The van der Waals surface area contributed by atoms with Gasteiger partial charge in [-0.25, -0.2) is 0 Å². The molecule has 0 unspecified atom stereocenters. The smallest absolute Gasteiger partial charge is 0.134 e. The van der Waals surface area contributed by atoms with Crippen molar-refractivity contribution >= 4 is 27.3 Å². The van der Waals surface area contributed by atoms with Crippen LogP contribution in [0.25, 0.3) is 0 Å². The minimum atomic E-state index is 0.337. The fraction of sp³-hybridized carbons (Fsp3) is 0.333. The zero-order chi connectivity index (χ0) is 13.2. The van der Waals surface area contributed by atoms with E-state index >= 15 is 0 Å². The SMILES string of the molecule is Oc1c(Br)cccc1CNCc1cc2c(s1)CCC2. The molecule has 1 aliphatic carbocycles. The number of aromatic hydroxyl groups is 1. The molecule has 1 aromatic heterocycles. The zero-order valence-electron chi connectivity index (χ0n) is 10.6. The van der Waals surface area contributed by atoms with Gasteiger partial charge in [0.2, 0.25) is 0 Å². The molecule has 4 heteroatoms. The lowest BCUT2D eigenvalue weighted by atomic mass is 10.2. The van der Waals surface area contributed by atoms with Crippen LogP contribution in [-0.2, 0) is 25.9 Å². The van der Waals surface area contributed by atoms with E-state index in [9.17, 15) is 5.11 Å².